The lowest BCUT2D eigenvalue weighted by atomic mass is 9.94. The first-order valence-corrected chi connectivity index (χ1v) is 5.39. The molecule has 12 heavy (non-hydrogen) atoms. The summed E-state index contributed by atoms with van der Waals surface area (Å²) in [6.07, 6.45) is 2.57. The van der Waals surface area contributed by atoms with Gasteiger partial charge in [-0.1, -0.05) is 0 Å². The van der Waals surface area contributed by atoms with E-state index in [0.29, 0.717) is 12.8 Å². The number of nitrogens with two attached hydrogens (primary N) is 1. The largest absolute Gasteiger partial charge is 0.483 e. The van der Waals surface area contributed by atoms with Crippen molar-refractivity contribution in [3.63, 3.8) is 0 Å². The molecule has 0 saturated heterocycles. The van der Waals surface area contributed by atoms with E-state index >= 15 is 0 Å². The molecule has 0 radical (unpaired) electrons. The summed E-state index contributed by atoms with van der Waals surface area (Å²) in [6, 6.07) is 0.129. The van der Waals surface area contributed by atoms with Gasteiger partial charge in [0.2, 0.25) is 0 Å². The topological polar surface area (TPSA) is 97.5 Å². The van der Waals surface area contributed by atoms with E-state index in [1.54, 1.807) is 0 Å². The third-order valence-electron chi connectivity index (χ3n) is 1.74. The Morgan fingerprint density at radius 2 is 1.83 bits per heavy atom. The molecule has 3 N–H and O–H groups in total. The van der Waals surface area contributed by atoms with Crippen molar-refractivity contribution >= 4 is 16.3 Å². The Morgan fingerprint density at radius 1 is 1.50 bits per heavy atom. The van der Waals surface area contributed by atoms with Crippen LogP contribution in [0.5, 0.6) is 0 Å². The van der Waals surface area contributed by atoms with Gasteiger partial charge in [-0.3, -0.25) is 4.79 Å². The standard InChI is InChI=1S/C5H11NO2S.CH2O2/c1-9(7,8)5-2-4(6)3-5;2-1-3/h4-5H,2-3,6H2,1H3;1H,(H,2,3). The van der Waals surface area contributed by atoms with Gasteiger partial charge in [0.05, 0.1) is 5.25 Å². The molecule has 0 heterocycles. The predicted molar refractivity (Wildman–Crippen MR) is 44.5 cm³/mol. The molecule has 0 aromatic carbocycles. The van der Waals surface area contributed by atoms with Gasteiger partial charge in [0.15, 0.2) is 0 Å². The Morgan fingerprint density at radius 3 is 1.92 bits per heavy atom. The molecule has 6 heteroatoms. The van der Waals surface area contributed by atoms with E-state index in [9.17, 15) is 8.42 Å². The lowest BCUT2D eigenvalue weighted by Gasteiger charge is -2.30. The smallest absolute Gasteiger partial charge is 0.290 e. The zero-order valence-corrected chi connectivity index (χ0v) is 7.62. The third kappa shape index (κ3) is 3.68. The molecule has 0 spiro atoms. The van der Waals surface area contributed by atoms with Gasteiger partial charge in [-0.15, -0.1) is 0 Å². The first-order valence-electron chi connectivity index (χ1n) is 3.44. The minimum Gasteiger partial charge on any atom is -0.483 e. The molecule has 1 rings (SSSR count). The van der Waals surface area contributed by atoms with Crippen LogP contribution in [0.25, 0.3) is 0 Å². The Bertz CT molecular complexity index is 230. The molecule has 0 unspecified atom stereocenters. The lowest BCUT2D eigenvalue weighted by Crippen LogP contribution is -2.44. The minimum atomic E-state index is -2.78. The number of rotatable bonds is 1. The van der Waals surface area contributed by atoms with E-state index in [-0.39, 0.29) is 17.8 Å². The van der Waals surface area contributed by atoms with Crippen LogP contribution in [0.3, 0.4) is 0 Å². The van der Waals surface area contributed by atoms with Crippen molar-refractivity contribution in [2.24, 2.45) is 5.73 Å². The summed E-state index contributed by atoms with van der Waals surface area (Å²) in [5, 5.41) is 6.74. The first-order chi connectivity index (χ1) is 5.41. The van der Waals surface area contributed by atoms with E-state index in [4.69, 9.17) is 15.6 Å². The summed E-state index contributed by atoms with van der Waals surface area (Å²) >= 11 is 0. The quantitative estimate of drug-likeness (QED) is 0.535. The van der Waals surface area contributed by atoms with Crippen LogP contribution in [0.15, 0.2) is 0 Å². The molecular weight excluding hydrogens is 182 g/mol. The van der Waals surface area contributed by atoms with Crippen molar-refractivity contribution in [1.29, 1.82) is 0 Å². The highest BCUT2D eigenvalue weighted by atomic mass is 32.2. The van der Waals surface area contributed by atoms with Gasteiger partial charge in [-0.2, -0.15) is 0 Å². The fourth-order valence-corrected chi connectivity index (χ4v) is 2.15. The van der Waals surface area contributed by atoms with Crippen molar-refractivity contribution in [1.82, 2.24) is 0 Å². The van der Waals surface area contributed by atoms with E-state index in [0.717, 1.165) is 0 Å². The molecule has 1 saturated carbocycles. The molecule has 1 fully saturated rings. The zero-order chi connectivity index (χ0) is 9.78. The maximum absolute atomic E-state index is 10.7. The maximum Gasteiger partial charge on any atom is 0.290 e. The Balaban J connectivity index is 0.000000354. The lowest BCUT2D eigenvalue weighted by molar-refractivity contribution is -0.122. The van der Waals surface area contributed by atoms with Crippen molar-refractivity contribution in [3.05, 3.63) is 0 Å². The molecular formula is C6H13NO4S. The summed E-state index contributed by atoms with van der Waals surface area (Å²) < 4.78 is 21.4. The second-order valence-electron chi connectivity index (χ2n) is 2.79. The predicted octanol–water partition coefficient (Wildman–Crippen LogP) is -0.778. The summed E-state index contributed by atoms with van der Waals surface area (Å²) in [5.74, 6) is 0. The van der Waals surface area contributed by atoms with E-state index in [1.807, 2.05) is 0 Å². The first kappa shape index (κ1) is 11.4. The summed E-state index contributed by atoms with van der Waals surface area (Å²) in [6.45, 7) is -0.250. The average molecular weight is 195 g/mol. The highest BCUT2D eigenvalue weighted by Crippen LogP contribution is 2.24. The van der Waals surface area contributed by atoms with Crippen LogP contribution in [0.1, 0.15) is 12.8 Å². The van der Waals surface area contributed by atoms with E-state index < -0.39 is 9.84 Å². The second-order valence-corrected chi connectivity index (χ2v) is 5.11. The van der Waals surface area contributed by atoms with Gasteiger partial charge in [0, 0.05) is 12.3 Å². The molecule has 0 bridgehead atoms. The molecule has 0 atom stereocenters. The van der Waals surface area contributed by atoms with E-state index in [2.05, 4.69) is 0 Å². The molecule has 72 valence electrons. The molecule has 0 amide bonds. The van der Waals surface area contributed by atoms with Crippen LogP contribution >= 0.6 is 0 Å². The molecule has 1 aliphatic rings. The Kier molecular flexibility index (Phi) is 4.19. The Labute approximate surface area is 71.5 Å². The van der Waals surface area contributed by atoms with Crippen molar-refractivity contribution in [2.45, 2.75) is 24.1 Å². The Hall–Kier alpha value is -0.620. The van der Waals surface area contributed by atoms with Crippen LogP contribution in [0.4, 0.5) is 0 Å². The average Bonchev–Trinajstić information content (AvgIpc) is 1.81. The SMILES string of the molecule is CS(=O)(=O)C1CC(N)C1.O=CO. The molecule has 5 nitrogen and oxygen atoms in total. The fourth-order valence-electron chi connectivity index (χ4n) is 0.956. The monoisotopic (exact) mass is 195 g/mol. The van der Waals surface area contributed by atoms with Gasteiger partial charge in [0.25, 0.3) is 6.47 Å². The summed E-state index contributed by atoms with van der Waals surface area (Å²) in [4.78, 5) is 8.36. The zero-order valence-electron chi connectivity index (χ0n) is 6.80. The van der Waals surface area contributed by atoms with Crippen molar-refractivity contribution in [2.75, 3.05) is 6.26 Å². The van der Waals surface area contributed by atoms with E-state index in [1.165, 1.54) is 6.26 Å². The highest BCUT2D eigenvalue weighted by Gasteiger charge is 2.33. The van der Waals surface area contributed by atoms with Gasteiger partial charge >= 0.3 is 0 Å². The normalized spacial score (nSPS) is 27.8. The van der Waals surface area contributed by atoms with Crippen molar-refractivity contribution < 1.29 is 18.3 Å². The molecule has 0 aromatic heterocycles. The number of carbonyl (C=O) groups is 1. The number of hydrogen-bond acceptors (Lipinski definition) is 4. The van der Waals surface area contributed by atoms with Gasteiger partial charge in [0.1, 0.15) is 9.84 Å². The van der Waals surface area contributed by atoms with Crippen LogP contribution in [0.2, 0.25) is 0 Å². The summed E-state index contributed by atoms with van der Waals surface area (Å²) in [7, 11) is -2.78. The number of sulfone groups is 1. The van der Waals surface area contributed by atoms with Crippen LogP contribution < -0.4 is 5.73 Å². The van der Waals surface area contributed by atoms with Crippen LogP contribution in [-0.2, 0) is 14.6 Å². The number of carboxylic acid groups (broad SMARTS) is 1. The molecule has 0 aliphatic heterocycles. The summed E-state index contributed by atoms with van der Waals surface area (Å²) in [5.41, 5.74) is 5.40. The van der Waals surface area contributed by atoms with Crippen molar-refractivity contribution in [3.8, 4) is 0 Å². The molecule has 0 aromatic rings. The second kappa shape index (κ2) is 4.42. The van der Waals surface area contributed by atoms with Gasteiger partial charge in [-0.05, 0) is 12.8 Å². The highest BCUT2D eigenvalue weighted by molar-refractivity contribution is 7.91. The minimum absolute atomic E-state index is 0.129. The van der Waals surface area contributed by atoms with Gasteiger partial charge < -0.3 is 10.8 Å². The third-order valence-corrected chi connectivity index (χ3v) is 3.33. The van der Waals surface area contributed by atoms with Gasteiger partial charge in [-0.25, -0.2) is 8.42 Å². The van der Waals surface area contributed by atoms with Crippen LogP contribution in [0, 0.1) is 0 Å². The van der Waals surface area contributed by atoms with Crippen LogP contribution in [-0.4, -0.2) is 37.5 Å². The fraction of sp³-hybridized carbons (Fsp3) is 0.833. The number of hydrogen-bond donors (Lipinski definition) is 2. The maximum atomic E-state index is 10.7. The molecule has 1 aliphatic carbocycles.